The lowest BCUT2D eigenvalue weighted by Crippen LogP contribution is -2.40. The average molecular weight is 320 g/mol. The van der Waals surface area contributed by atoms with Crippen molar-refractivity contribution in [1.29, 1.82) is 0 Å². The molecule has 0 aliphatic heterocycles. The molecule has 1 aromatic heterocycles. The van der Waals surface area contributed by atoms with Gasteiger partial charge in [0.2, 0.25) is 10.0 Å². The third kappa shape index (κ3) is 4.26. The molecule has 116 valence electrons. The highest BCUT2D eigenvalue weighted by molar-refractivity contribution is 7.89. The van der Waals surface area contributed by atoms with Crippen molar-refractivity contribution in [3.05, 3.63) is 16.3 Å². The Bertz CT molecular complexity index is 499. The molecule has 20 heavy (non-hydrogen) atoms. The number of hydrogen-bond acceptors (Lipinski definition) is 5. The lowest BCUT2D eigenvalue weighted by atomic mass is 10.3. The van der Waals surface area contributed by atoms with Crippen LogP contribution < -0.4 is 5.32 Å². The Morgan fingerprint density at radius 2 is 2.20 bits per heavy atom. The van der Waals surface area contributed by atoms with E-state index < -0.39 is 10.0 Å². The molecule has 1 N–H and O–H groups in total. The van der Waals surface area contributed by atoms with Crippen LogP contribution in [0.5, 0.6) is 0 Å². The maximum atomic E-state index is 12.7. The lowest BCUT2D eigenvalue weighted by Gasteiger charge is -2.26. The van der Waals surface area contributed by atoms with Crippen molar-refractivity contribution in [3.8, 4) is 0 Å². The Kier molecular flexibility index (Phi) is 7.11. The van der Waals surface area contributed by atoms with Crippen molar-refractivity contribution in [2.75, 3.05) is 27.3 Å². The van der Waals surface area contributed by atoms with Gasteiger partial charge in [-0.1, -0.05) is 6.92 Å². The summed E-state index contributed by atoms with van der Waals surface area (Å²) in [4.78, 5) is 1.39. The van der Waals surface area contributed by atoms with Crippen molar-refractivity contribution >= 4 is 21.4 Å². The Balaban J connectivity index is 3.01. The molecule has 1 aromatic rings. The van der Waals surface area contributed by atoms with Crippen LogP contribution in [0.2, 0.25) is 0 Å². The van der Waals surface area contributed by atoms with E-state index in [-0.39, 0.29) is 6.04 Å². The zero-order chi connectivity index (χ0) is 15.2. The number of rotatable bonds is 9. The van der Waals surface area contributed by atoms with Crippen molar-refractivity contribution in [2.24, 2.45) is 0 Å². The van der Waals surface area contributed by atoms with Gasteiger partial charge in [0, 0.05) is 36.5 Å². The van der Waals surface area contributed by atoms with Crippen molar-refractivity contribution in [1.82, 2.24) is 9.62 Å². The molecule has 0 radical (unpaired) electrons. The lowest BCUT2D eigenvalue weighted by molar-refractivity contribution is 0.167. The highest BCUT2D eigenvalue weighted by atomic mass is 32.2. The molecule has 1 rings (SSSR count). The minimum absolute atomic E-state index is 0.0391. The summed E-state index contributed by atoms with van der Waals surface area (Å²) in [5.41, 5.74) is 0. The maximum Gasteiger partial charge on any atom is 0.244 e. The van der Waals surface area contributed by atoms with Crippen LogP contribution in [0.1, 0.15) is 25.1 Å². The molecule has 1 unspecified atom stereocenters. The molecule has 0 spiro atoms. The fourth-order valence-corrected chi connectivity index (χ4v) is 4.82. The summed E-state index contributed by atoms with van der Waals surface area (Å²) < 4.78 is 32.0. The Morgan fingerprint density at radius 3 is 2.75 bits per heavy atom. The molecule has 0 aliphatic carbocycles. The average Bonchev–Trinajstić information content (AvgIpc) is 2.88. The first-order valence-electron chi connectivity index (χ1n) is 6.70. The second-order valence-corrected chi connectivity index (χ2v) is 7.53. The summed E-state index contributed by atoms with van der Waals surface area (Å²) >= 11 is 1.46. The first-order valence-corrected chi connectivity index (χ1v) is 9.02. The molecular weight excluding hydrogens is 296 g/mol. The van der Waals surface area contributed by atoms with E-state index in [1.54, 1.807) is 18.6 Å². The van der Waals surface area contributed by atoms with Crippen LogP contribution in [0.4, 0.5) is 0 Å². The van der Waals surface area contributed by atoms with Gasteiger partial charge in [0.05, 0.1) is 11.5 Å². The van der Waals surface area contributed by atoms with Crippen molar-refractivity contribution in [3.63, 3.8) is 0 Å². The second-order valence-electron chi connectivity index (χ2n) is 4.64. The van der Waals surface area contributed by atoms with Gasteiger partial charge < -0.3 is 10.1 Å². The van der Waals surface area contributed by atoms with Gasteiger partial charge in [-0.05, 0) is 26.5 Å². The highest BCUT2D eigenvalue weighted by Crippen LogP contribution is 2.24. The molecule has 0 amide bonds. The van der Waals surface area contributed by atoms with E-state index in [9.17, 15) is 8.42 Å². The normalized spacial score (nSPS) is 13.8. The number of thiophene rings is 1. The van der Waals surface area contributed by atoms with E-state index in [0.717, 1.165) is 11.3 Å². The van der Waals surface area contributed by atoms with Gasteiger partial charge in [0.1, 0.15) is 0 Å². The number of nitrogens with zero attached hydrogens (tertiary/aromatic N) is 1. The minimum atomic E-state index is -3.45. The van der Waals surface area contributed by atoms with Gasteiger partial charge in [-0.15, -0.1) is 11.3 Å². The summed E-state index contributed by atoms with van der Waals surface area (Å²) in [7, 11) is -0.0206. The van der Waals surface area contributed by atoms with E-state index in [0.29, 0.717) is 24.6 Å². The van der Waals surface area contributed by atoms with Crippen LogP contribution in [0.25, 0.3) is 0 Å². The minimum Gasteiger partial charge on any atom is -0.383 e. The molecule has 0 saturated carbocycles. The number of sulfonamides is 1. The summed E-state index contributed by atoms with van der Waals surface area (Å²) in [6.45, 7) is 5.37. The first kappa shape index (κ1) is 17.6. The number of nitrogens with one attached hydrogen (secondary N) is 1. The Hall–Kier alpha value is -0.470. The molecule has 0 aromatic carbocycles. The SMILES string of the molecule is CCC(C)N(CCOC)S(=O)(=O)c1csc(CNC)c1. The largest absolute Gasteiger partial charge is 0.383 e. The van der Waals surface area contributed by atoms with Crippen molar-refractivity contribution in [2.45, 2.75) is 37.8 Å². The summed E-state index contributed by atoms with van der Waals surface area (Å²) in [6, 6.07) is 1.71. The number of methoxy groups -OCH3 is 1. The van der Waals surface area contributed by atoms with Crippen LogP contribution >= 0.6 is 11.3 Å². The van der Waals surface area contributed by atoms with Gasteiger partial charge in [0.15, 0.2) is 0 Å². The van der Waals surface area contributed by atoms with Crippen LogP contribution in [0, 0.1) is 0 Å². The van der Waals surface area contributed by atoms with E-state index in [1.165, 1.54) is 15.6 Å². The molecule has 0 aliphatic rings. The molecule has 1 heterocycles. The van der Waals surface area contributed by atoms with Gasteiger partial charge >= 0.3 is 0 Å². The summed E-state index contributed by atoms with van der Waals surface area (Å²) in [5, 5.41) is 4.74. The van der Waals surface area contributed by atoms with Crippen LogP contribution in [-0.4, -0.2) is 46.1 Å². The molecule has 7 heteroatoms. The highest BCUT2D eigenvalue weighted by Gasteiger charge is 2.28. The van der Waals surface area contributed by atoms with E-state index >= 15 is 0 Å². The topological polar surface area (TPSA) is 58.6 Å². The molecular formula is C13H24N2O3S2. The molecule has 0 saturated heterocycles. The fraction of sp³-hybridized carbons (Fsp3) is 0.692. The van der Waals surface area contributed by atoms with Gasteiger partial charge in [-0.3, -0.25) is 0 Å². The smallest absolute Gasteiger partial charge is 0.244 e. The number of ether oxygens (including phenoxy) is 1. The standard InChI is InChI=1S/C13H24N2O3S2/c1-5-11(2)15(6-7-18-4)20(16,17)13-8-12(9-14-3)19-10-13/h8,10-11,14H,5-7,9H2,1-4H3. The Morgan fingerprint density at radius 1 is 1.50 bits per heavy atom. The Labute approximate surface area is 126 Å². The molecule has 0 fully saturated rings. The van der Waals surface area contributed by atoms with E-state index in [1.807, 2.05) is 20.9 Å². The first-order chi connectivity index (χ1) is 9.47. The van der Waals surface area contributed by atoms with E-state index in [4.69, 9.17) is 4.74 Å². The molecule has 5 nitrogen and oxygen atoms in total. The van der Waals surface area contributed by atoms with Gasteiger partial charge in [-0.2, -0.15) is 4.31 Å². The zero-order valence-electron chi connectivity index (χ0n) is 12.5. The van der Waals surface area contributed by atoms with Crippen LogP contribution in [0.3, 0.4) is 0 Å². The third-order valence-corrected chi connectivity index (χ3v) is 6.26. The summed E-state index contributed by atoms with van der Waals surface area (Å²) in [5.74, 6) is 0. The third-order valence-electron chi connectivity index (χ3n) is 3.19. The summed E-state index contributed by atoms with van der Waals surface area (Å²) in [6.07, 6.45) is 0.774. The second kappa shape index (κ2) is 8.09. The van der Waals surface area contributed by atoms with Gasteiger partial charge in [-0.25, -0.2) is 8.42 Å². The van der Waals surface area contributed by atoms with E-state index in [2.05, 4.69) is 5.32 Å². The monoisotopic (exact) mass is 320 g/mol. The predicted octanol–water partition coefficient (Wildman–Crippen LogP) is 1.90. The quantitative estimate of drug-likeness (QED) is 0.755. The zero-order valence-corrected chi connectivity index (χ0v) is 14.2. The van der Waals surface area contributed by atoms with Gasteiger partial charge in [0.25, 0.3) is 0 Å². The number of hydrogen-bond donors (Lipinski definition) is 1. The molecule has 0 bridgehead atoms. The van der Waals surface area contributed by atoms with Crippen LogP contribution in [-0.2, 0) is 21.3 Å². The molecule has 1 atom stereocenters. The maximum absolute atomic E-state index is 12.7. The van der Waals surface area contributed by atoms with Crippen molar-refractivity contribution < 1.29 is 13.2 Å². The van der Waals surface area contributed by atoms with Crippen LogP contribution in [0.15, 0.2) is 16.3 Å². The predicted molar refractivity (Wildman–Crippen MR) is 82.6 cm³/mol. The fourth-order valence-electron chi connectivity index (χ4n) is 1.86.